The Labute approximate surface area is 200 Å². The van der Waals surface area contributed by atoms with Crippen molar-refractivity contribution in [1.29, 1.82) is 0 Å². The molecule has 0 spiro atoms. The lowest BCUT2D eigenvalue weighted by atomic mass is 9.84. The van der Waals surface area contributed by atoms with Crippen LogP contribution in [-0.4, -0.2) is 41.8 Å². The topological polar surface area (TPSA) is 105 Å². The van der Waals surface area contributed by atoms with E-state index in [1.165, 1.54) is 0 Å². The second-order valence-corrected chi connectivity index (χ2v) is 10.1. The van der Waals surface area contributed by atoms with E-state index < -0.39 is 35.5 Å². The second-order valence-electron chi connectivity index (χ2n) is 10.1. The van der Waals surface area contributed by atoms with E-state index in [0.29, 0.717) is 0 Å². The van der Waals surface area contributed by atoms with Crippen LogP contribution >= 0.6 is 0 Å². The first-order valence-corrected chi connectivity index (χ1v) is 11.6. The first kappa shape index (κ1) is 25.3. The minimum atomic E-state index is -0.975. The maximum atomic E-state index is 12.7. The van der Waals surface area contributed by atoms with E-state index in [4.69, 9.17) is 9.84 Å². The first-order chi connectivity index (χ1) is 16.0. The van der Waals surface area contributed by atoms with Crippen molar-refractivity contribution in [2.75, 3.05) is 6.61 Å². The third-order valence-electron chi connectivity index (χ3n) is 6.60. The molecular weight excluding hydrogens is 432 g/mol. The van der Waals surface area contributed by atoms with E-state index in [-0.39, 0.29) is 24.9 Å². The van der Waals surface area contributed by atoms with Gasteiger partial charge in [0, 0.05) is 24.4 Å². The number of benzene rings is 2. The average Bonchev–Trinajstić information content (AvgIpc) is 3.09. The summed E-state index contributed by atoms with van der Waals surface area (Å²) in [6.45, 7) is 9.18. The van der Waals surface area contributed by atoms with Crippen LogP contribution in [0.5, 0.6) is 0 Å². The maximum Gasteiger partial charge on any atom is 0.407 e. The van der Waals surface area contributed by atoms with Crippen LogP contribution in [-0.2, 0) is 14.3 Å². The maximum absolute atomic E-state index is 12.7. The molecule has 3 unspecified atom stereocenters. The molecule has 0 heterocycles. The van der Waals surface area contributed by atoms with Crippen LogP contribution in [0.1, 0.15) is 58.1 Å². The Morgan fingerprint density at radius 3 is 1.97 bits per heavy atom. The zero-order chi connectivity index (χ0) is 25.0. The van der Waals surface area contributed by atoms with Crippen LogP contribution < -0.4 is 10.6 Å². The largest absolute Gasteiger partial charge is 0.481 e. The van der Waals surface area contributed by atoms with Crippen LogP contribution in [0.2, 0.25) is 0 Å². The molecule has 182 valence electrons. The number of carboxylic acids is 1. The van der Waals surface area contributed by atoms with Crippen molar-refractivity contribution in [3.05, 3.63) is 59.7 Å². The molecule has 2 aromatic rings. The highest BCUT2D eigenvalue weighted by Crippen LogP contribution is 2.44. The zero-order valence-corrected chi connectivity index (χ0v) is 20.4. The lowest BCUT2D eigenvalue weighted by Gasteiger charge is -2.31. The van der Waals surface area contributed by atoms with Gasteiger partial charge in [-0.15, -0.1) is 0 Å². The summed E-state index contributed by atoms with van der Waals surface area (Å²) >= 11 is 0. The third kappa shape index (κ3) is 5.76. The lowest BCUT2D eigenvalue weighted by Crippen LogP contribution is -2.49. The van der Waals surface area contributed by atoms with Crippen molar-refractivity contribution in [3.63, 3.8) is 0 Å². The Bertz CT molecular complexity index is 1010. The van der Waals surface area contributed by atoms with Crippen LogP contribution in [0.3, 0.4) is 0 Å². The summed E-state index contributed by atoms with van der Waals surface area (Å²) in [5.74, 6) is -2.06. The predicted octanol–water partition coefficient (Wildman–Crippen LogP) is 4.56. The van der Waals surface area contributed by atoms with Crippen LogP contribution in [0.4, 0.5) is 4.79 Å². The van der Waals surface area contributed by atoms with Crippen LogP contribution in [0, 0.1) is 11.3 Å². The van der Waals surface area contributed by atoms with Crippen molar-refractivity contribution in [2.45, 2.75) is 59.0 Å². The van der Waals surface area contributed by atoms with Gasteiger partial charge < -0.3 is 20.5 Å². The molecule has 0 fully saturated rings. The molecule has 0 saturated heterocycles. The summed E-state index contributed by atoms with van der Waals surface area (Å²) in [7, 11) is 0. The van der Waals surface area contributed by atoms with Gasteiger partial charge in [0.2, 0.25) is 5.91 Å². The molecule has 1 aliphatic rings. The quantitative estimate of drug-likeness (QED) is 0.529. The van der Waals surface area contributed by atoms with Gasteiger partial charge in [-0.05, 0) is 41.5 Å². The van der Waals surface area contributed by atoms with Gasteiger partial charge >= 0.3 is 12.1 Å². The highest BCUT2D eigenvalue weighted by atomic mass is 16.5. The van der Waals surface area contributed by atoms with Crippen LogP contribution in [0.25, 0.3) is 11.1 Å². The van der Waals surface area contributed by atoms with Gasteiger partial charge in [0.1, 0.15) is 6.61 Å². The monoisotopic (exact) mass is 466 g/mol. The number of alkyl carbamates (subject to hydrolysis) is 1. The number of fused-ring (bicyclic) bond motifs is 3. The summed E-state index contributed by atoms with van der Waals surface area (Å²) in [6, 6.07) is 15.2. The van der Waals surface area contributed by atoms with Crippen molar-refractivity contribution in [1.82, 2.24) is 10.6 Å². The molecule has 0 aromatic heterocycles. The van der Waals surface area contributed by atoms with E-state index in [0.717, 1.165) is 22.3 Å². The number of ether oxygens (including phenoxy) is 1. The predicted molar refractivity (Wildman–Crippen MR) is 130 cm³/mol. The molecule has 3 atom stereocenters. The number of carboxylic acid groups (broad SMARTS) is 1. The van der Waals surface area contributed by atoms with Gasteiger partial charge in [0.25, 0.3) is 0 Å². The molecule has 0 bridgehead atoms. The fraction of sp³-hybridized carbons (Fsp3) is 0.444. The summed E-state index contributed by atoms with van der Waals surface area (Å²) < 4.78 is 5.64. The van der Waals surface area contributed by atoms with Gasteiger partial charge in [-0.25, -0.2) is 4.79 Å². The number of hydrogen-bond donors (Lipinski definition) is 3. The minimum Gasteiger partial charge on any atom is -0.481 e. The van der Waals surface area contributed by atoms with Gasteiger partial charge in [-0.3, -0.25) is 9.59 Å². The van der Waals surface area contributed by atoms with E-state index in [9.17, 15) is 14.4 Å². The number of amides is 2. The summed E-state index contributed by atoms with van der Waals surface area (Å²) in [4.78, 5) is 36.5. The van der Waals surface area contributed by atoms with Crippen molar-refractivity contribution >= 4 is 18.0 Å². The number of nitrogens with one attached hydrogen (secondary N) is 2. The normalized spacial score (nSPS) is 15.4. The smallest absolute Gasteiger partial charge is 0.407 e. The number of rotatable bonds is 8. The molecule has 3 N–H and O–H groups in total. The van der Waals surface area contributed by atoms with Crippen molar-refractivity contribution < 1.29 is 24.2 Å². The third-order valence-corrected chi connectivity index (χ3v) is 6.60. The van der Waals surface area contributed by atoms with Crippen LogP contribution in [0.15, 0.2) is 48.5 Å². The van der Waals surface area contributed by atoms with Gasteiger partial charge in [-0.1, -0.05) is 69.3 Å². The molecule has 34 heavy (non-hydrogen) atoms. The number of aliphatic carboxylic acids is 1. The molecule has 0 saturated carbocycles. The van der Waals surface area contributed by atoms with E-state index in [1.54, 1.807) is 13.8 Å². The summed E-state index contributed by atoms with van der Waals surface area (Å²) in [6.07, 6.45) is -0.564. The van der Waals surface area contributed by atoms with Gasteiger partial charge in [0.05, 0.1) is 5.92 Å². The SMILES string of the molecule is CC(NC(=O)CC(NC(=O)OCC1c2ccccc2-c2ccccc21)C(C)(C)C)C(C)C(=O)O. The number of hydrogen-bond acceptors (Lipinski definition) is 4. The Kier molecular flexibility index (Phi) is 7.64. The fourth-order valence-electron chi connectivity index (χ4n) is 4.19. The summed E-state index contributed by atoms with van der Waals surface area (Å²) in [5.41, 5.74) is 4.15. The molecular formula is C27H34N2O5. The number of carbonyl (C=O) groups is 3. The first-order valence-electron chi connectivity index (χ1n) is 11.6. The molecule has 0 aliphatic heterocycles. The van der Waals surface area contributed by atoms with Crippen molar-refractivity contribution in [2.24, 2.45) is 11.3 Å². The lowest BCUT2D eigenvalue weighted by molar-refractivity contribution is -0.142. The number of carbonyl (C=O) groups excluding carboxylic acids is 2. The Morgan fingerprint density at radius 2 is 1.47 bits per heavy atom. The van der Waals surface area contributed by atoms with Gasteiger partial charge in [0.15, 0.2) is 0 Å². The molecule has 3 rings (SSSR count). The minimum absolute atomic E-state index is 0.0182. The average molecular weight is 467 g/mol. The molecule has 7 nitrogen and oxygen atoms in total. The fourth-order valence-corrected chi connectivity index (χ4v) is 4.19. The second kappa shape index (κ2) is 10.3. The standard InChI is InChI=1S/C27H34N2O5/c1-16(25(31)32)17(2)28-24(30)14-23(27(3,4)5)29-26(33)34-15-22-20-12-8-6-10-18(20)19-11-7-9-13-21(19)22/h6-13,16-17,22-23H,14-15H2,1-5H3,(H,28,30)(H,29,33)(H,31,32). The molecule has 7 heteroatoms. The van der Waals surface area contributed by atoms with E-state index in [2.05, 4.69) is 34.9 Å². The highest BCUT2D eigenvalue weighted by Gasteiger charge is 2.32. The van der Waals surface area contributed by atoms with E-state index in [1.807, 2.05) is 45.0 Å². The zero-order valence-electron chi connectivity index (χ0n) is 20.4. The molecule has 0 radical (unpaired) electrons. The van der Waals surface area contributed by atoms with E-state index >= 15 is 0 Å². The summed E-state index contributed by atoms with van der Waals surface area (Å²) in [5, 5.41) is 14.7. The Morgan fingerprint density at radius 1 is 0.941 bits per heavy atom. The highest BCUT2D eigenvalue weighted by molar-refractivity contribution is 5.80. The molecule has 2 amide bonds. The van der Waals surface area contributed by atoms with Crippen molar-refractivity contribution in [3.8, 4) is 11.1 Å². The molecule has 1 aliphatic carbocycles. The van der Waals surface area contributed by atoms with Gasteiger partial charge in [-0.2, -0.15) is 0 Å². The Hall–Kier alpha value is -3.35. The Balaban J connectivity index is 1.63. The molecule has 2 aromatic carbocycles.